The lowest BCUT2D eigenvalue weighted by Crippen LogP contribution is -2.28. The zero-order chi connectivity index (χ0) is 25.5. The number of urea groups is 1. The molecule has 0 unspecified atom stereocenters. The molecule has 1 N–H and O–H groups in total. The standard InChI is InChI=1S/C28H29ClN4O3/c1-3-32(4-2)17-18-36-27(34)20-9-15-24(16-10-20)33-19-21-7-5-6-8-25(21)26(33)31-28(35)30-23-13-11-22(29)12-14-23/h5-16H,3-4,17-19H2,1-2H3,(H,30,35)/b31-26+. The van der Waals surface area contributed by atoms with E-state index in [-0.39, 0.29) is 5.97 Å². The van der Waals surface area contributed by atoms with Crippen LogP contribution >= 0.6 is 11.6 Å². The van der Waals surface area contributed by atoms with Gasteiger partial charge in [-0.1, -0.05) is 49.7 Å². The van der Waals surface area contributed by atoms with Crippen molar-refractivity contribution in [3.63, 3.8) is 0 Å². The van der Waals surface area contributed by atoms with Gasteiger partial charge >= 0.3 is 12.0 Å². The maximum atomic E-state index is 12.8. The molecule has 0 aromatic heterocycles. The van der Waals surface area contributed by atoms with Crippen molar-refractivity contribution in [2.24, 2.45) is 4.99 Å². The van der Waals surface area contributed by atoms with E-state index in [2.05, 4.69) is 29.1 Å². The number of rotatable bonds is 8. The van der Waals surface area contributed by atoms with Crippen LogP contribution in [0.4, 0.5) is 16.2 Å². The predicted molar refractivity (Wildman–Crippen MR) is 144 cm³/mol. The van der Waals surface area contributed by atoms with E-state index < -0.39 is 6.03 Å². The molecule has 0 atom stereocenters. The fourth-order valence-electron chi connectivity index (χ4n) is 4.05. The quantitative estimate of drug-likeness (QED) is 0.390. The molecule has 7 nitrogen and oxygen atoms in total. The van der Waals surface area contributed by atoms with E-state index in [1.165, 1.54) is 0 Å². The molecule has 0 radical (unpaired) electrons. The zero-order valence-electron chi connectivity index (χ0n) is 20.4. The highest BCUT2D eigenvalue weighted by atomic mass is 35.5. The number of fused-ring (bicyclic) bond motifs is 1. The Morgan fingerprint density at radius 3 is 2.39 bits per heavy atom. The van der Waals surface area contributed by atoms with Gasteiger partial charge in [0.1, 0.15) is 12.4 Å². The smallest absolute Gasteiger partial charge is 0.347 e. The second-order valence-electron chi connectivity index (χ2n) is 8.33. The lowest BCUT2D eigenvalue weighted by molar-refractivity contribution is 0.0466. The van der Waals surface area contributed by atoms with Crippen molar-refractivity contribution < 1.29 is 14.3 Å². The van der Waals surface area contributed by atoms with Gasteiger partial charge in [-0.05, 0) is 67.2 Å². The summed E-state index contributed by atoms with van der Waals surface area (Å²) in [6.45, 7) is 7.63. The third-order valence-electron chi connectivity index (χ3n) is 6.10. The fourth-order valence-corrected chi connectivity index (χ4v) is 4.18. The number of ether oxygens (including phenoxy) is 1. The number of aliphatic imine (C=N–C) groups is 1. The van der Waals surface area contributed by atoms with E-state index in [0.29, 0.717) is 41.8 Å². The van der Waals surface area contributed by atoms with Crippen LogP contribution in [0.2, 0.25) is 5.02 Å². The minimum Gasteiger partial charge on any atom is -0.461 e. The second kappa shape index (κ2) is 11.8. The summed E-state index contributed by atoms with van der Waals surface area (Å²) in [4.78, 5) is 33.8. The molecular weight excluding hydrogens is 476 g/mol. The zero-order valence-corrected chi connectivity index (χ0v) is 21.2. The number of carbonyl (C=O) groups is 2. The lowest BCUT2D eigenvalue weighted by atomic mass is 10.1. The average Bonchev–Trinajstić information content (AvgIpc) is 3.26. The summed E-state index contributed by atoms with van der Waals surface area (Å²) in [6.07, 6.45) is 0. The summed E-state index contributed by atoms with van der Waals surface area (Å²) in [5.74, 6) is 0.196. The number of carbonyl (C=O) groups excluding carboxylic acids is 2. The summed E-state index contributed by atoms with van der Waals surface area (Å²) < 4.78 is 5.44. The van der Waals surface area contributed by atoms with Crippen molar-refractivity contribution in [3.8, 4) is 0 Å². The summed E-state index contributed by atoms with van der Waals surface area (Å²) in [5, 5.41) is 3.37. The van der Waals surface area contributed by atoms with Gasteiger partial charge in [0.05, 0.1) is 12.1 Å². The van der Waals surface area contributed by atoms with Crippen molar-refractivity contribution in [1.29, 1.82) is 0 Å². The summed E-state index contributed by atoms with van der Waals surface area (Å²) in [7, 11) is 0. The molecule has 1 aliphatic heterocycles. The molecule has 0 saturated heterocycles. The maximum Gasteiger partial charge on any atom is 0.347 e. The fraction of sp³-hybridized carbons (Fsp3) is 0.250. The van der Waals surface area contributed by atoms with Crippen molar-refractivity contribution in [2.75, 3.05) is 36.5 Å². The Morgan fingerprint density at radius 1 is 1.00 bits per heavy atom. The minimum atomic E-state index is -0.484. The van der Waals surface area contributed by atoms with Gasteiger partial charge in [-0.25, -0.2) is 9.59 Å². The van der Waals surface area contributed by atoms with E-state index in [1.54, 1.807) is 36.4 Å². The Balaban J connectivity index is 1.49. The van der Waals surface area contributed by atoms with E-state index in [4.69, 9.17) is 16.3 Å². The number of likely N-dealkylation sites (N-methyl/N-ethyl adjacent to an activating group) is 1. The first-order valence-electron chi connectivity index (χ1n) is 12.0. The molecule has 4 rings (SSSR count). The highest BCUT2D eigenvalue weighted by Crippen LogP contribution is 2.29. The number of benzene rings is 3. The number of halogens is 1. The molecule has 1 heterocycles. The van der Waals surface area contributed by atoms with Crippen LogP contribution < -0.4 is 10.2 Å². The second-order valence-corrected chi connectivity index (χ2v) is 8.76. The van der Waals surface area contributed by atoms with Crippen molar-refractivity contribution >= 4 is 40.8 Å². The summed E-state index contributed by atoms with van der Waals surface area (Å²) in [5.41, 5.74) is 3.87. The lowest BCUT2D eigenvalue weighted by Gasteiger charge is -2.20. The van der Waals surface area contributed by atoms with Gasteiger partial charge in [0.2, 0.25) is 0 Å². The molecule has 0 bridgehead atoms. The Labute approximate surface area is 216 Å². The van der Waals surface area contributed by atoms with E-state index >= 15 is 0 Å². The first-order chi connectivity index (χ1) is 17.5. The van der Waals surface area contributed by atoms with Crippen molar-refractivity contribution in [2.45, 2.75) is 20.4 Å². The van der Waals surface area contributed by atoms with Gasteiger partial charge in [-0.3, -0.25) is 0 Å². The average molecular weight is 505 g/mol. The van der Waals surface area contributed by atoms with E-state index in [0.717, 1.165) is 29.9 Å². The molecule has 0 saturated carbocycles. The molecule has 2 amide bonds. The molecule has 8 heteroatoms. The summed E-state index contributed by atoms with van der Waals surface area (Å²) >= 11 is 5.93. The number of hydrogen-bond acceptors (Lipinski definition) is 4. The van der Waals surface area contributed by atoms with Crippen LogP contribution in [0.1, 0.15) is 35.3 Å². The van der Waals surface area contributed by atoms with Crippen molar-refractivity contribution in [3.05, 3.63) is 94.5 Å². The summed E-state index contributed by atoms with van der Waals surface area (Å²) in [6, 6.07) is 21.4. The van der Waals surface area contributed by atoms with Gasteiger partial charge in [0.25, 0.3) is 0 Å². The number of esters is 1. The SMILES string of the molecule is CCN(CC)CCOC(=O)c1ccc(N2Cc3ccccc3/C2=N\C(=O)Nc2ccc(Cl)cc2)cc1. The highest BCUT2D eigenvalue weighted by Gasteiger charge is 2.27. The number of amidine groups is 1. The Bertz CT molecular complexity index is 1240. The van der Waals surface area contributed by atoms with Crippen LogP contribution in [0.15, 0.2) is 77.8 Å². The molecule has 186 valence electrons. The first-order valence-corrected chi connectivity index (χ1v) is 12.4. The maximum absolute atomic E-state index is 12.8. The third-order valence-corrected chi connectivity index (χ3v) is 6.35. The molecule has 36 heavy (non-hydrogen) atoms. The normalized spacial score (nSPS) is 13.7. The van der Waals surface area contributed by atoms with Gasteiger partial charge in [0.15, 0.2) is 0 Å². The van der Waals surface area contributed by atoms with Crippen LogP contribution in [0.25, 0.3) is 0 Å². The number of anilines is 2. The van der Waals surface area contributed by atoms with Crippen LogP contribution in [-0.4, -0.2) is 49.0 Å². The Kier molecular flexibility index (Phi) is 8.36. The molecular formula is C28H29ClN4O3. The first kappa shape index (κ1) is 25.4. The Morgan fingerprint density at radius 2 is 1.69 bits per heavy atom. The van der Waals surface area contributed by atoms with Gasteiger partial charge in [0, 0.05) is 28.5 Å². The van der Waals surface area contributed by atoms with Gasteiger partial charge in [-0.2, -0.15) is 4.99 Å². The highest BCUT2D eigenvalue weighted by molar-refractivity contribution is 6.30. The number of nitrogens with one attached hydrogen (secondary N) is 1. The molecule has 3 aromatic carbocycles. The largest absolute Gasteiger partial charge is 0.461 e. The monoisotopic (exact) mass is 504 g/mol. The molecule has 3 aromatic rings. The Hall–Kier alpha value is -3.68. The van der Waals surface area contributed by atoms with Gasteiger partial charge in [-0.15, -0.1) is 0 Å². The molecule has 0 fully saturated rings. The van der Waals surface area contributed by atoms with Crippen molar-refractivity contribution in [1.82, 2.24) is 4.90 Å². The number of hydrogen-bond donors (Lipinski definition) is 1. The molecule has 1 aliphatic rings. The number of nitrogens with zero attached hydrogens (tertiary/aromatic N) is 3. The number of amides is 2. The van der Waals surface area contributed by atoms with E-state index in [1.807, 2.05) is 41.3 Å². The van der Waals surface area contributed by atoms with Crippen LogP contribution in [0.3, 0.4) is 0 Å². The van der Waals surface area contributed by atoms with E-state index in [9.17, 15) is 9.59 Å². The minimum absolute atomic E-state index is 0.350. The third kappa shape index (κ3) is 6.11. The van der Waals surface area contributed by atoms with Crippen LogP contribution in [-0.2, 0) is 11.3 Å². The predicted octanol–water partition coefficient (Wildman–Crippen LogP) is 5.84. The van der Waals surface area contributed by atoms with Crippen LogP contribution in [0.5, 0.6) is 0 Å². The topological polar surface area (TPSA) is 74.2 Å². The molecule has 0 spiro atoms. The molecule has 0 aliphatic carbocycles. The van der Waals surface area contributed by atoms with Crippen LogP contribution in [0, 0.1) is 0 Å². The van der Waals surface area contributed by atoms with Gasteiger partial charge < -0.3 is 19.9 Å².